The Morgan fingerprint density at radius 2 is 2.08 bits per heavy atom. The molecule has 0 atom stereocenters. The summed E-state index contributed by atoms with van der Waals surface area (Å²) in [5.74, 6) is 1.93. The summed E-state index contributed by atoms with van der Waals surface area (Å²) in [5.41, 5.74) is 1.48. The van der Waals surface area contributed by atoms with Gasteiger partial charge < -0.3 is 14.8 Å². The monoisotopic (exact) mass is 341 g/mol. The summed E-state index contributed by atoms with van der Waals surface area (Å²) in [5, 5.41) is 14.3. The van der Waals surface area contributed by atoms with Gasteiger partial charge in [-0.25, -0.2) is 0 Å². The fourth-order valence-electron chi connectivity index (χ4n) is 2.63. The van der Waals surface area contributed by atoms with E-state index in [1.54, 1.807) is 31.4 Å². The van der Waals surface area contributed by atoms with Crippen molar-refractivity contribution in [2.45, 2.75) is 13.0 Å². The molecule has 0 radical (unpaired) electrons. The summed E-state index contributed by atoms with van der Waals surface area (Å²) in [7, 11) is 1.56. The number of nitro benzene ring substituents is 1. The molecule has 0 aromatic heterocycles. The lowest BCUT2D eigenvalue weighted by Gasteiger charge is -2.17. The molecular weight excluding hydrogens is 322 g/mol. The molecule has 1 N–H and O–H groups in total. The van der Waals surface area contributed by atoms with Crippen LogP contribution in [0.1, 0.15) is 17.5 Å². The molecule has 1 aliphatic rings. The maximum atomic E-state index is 11.1. The molecule has 0 unspecified atom stereocenters. The minimum absolute atomic E-state index is 0.0406. The predicted molar refractivity (Wildman–Crippen MR) is 94.4 cm³/mol. The molecule has 0 spiro atoms. The number of nitrogens with zero attached hydrogens (tertiary/aromatic N) is 2. The van der Waals surface area contributed by atoms with Gasteiger partial charge in [0.25, 0.3) is 5.69 Å². The third kappa shape index (κ3) is 3.88. The molecule has 0 fully saturated rings. The number of nitrogens with one attached hydrogen (secondary N) is 1. The molecule has 1 aliphatic heterocycles. The largest absolute Gasteiger partial charge is 0.493 e. The second-order valence-corrected chi connectivity index (χ2v) is 5.55. The minimum atomic E-state index is -0.411. The van der Waals surface area contributed by atoms with E-state index in [0.29, 0.717) is 17.1 Å². The standard InChI is InChI=1S/C18H19N3O4/c1-24-17-11-13(18-19-9-4-10-20-18)7-8-16(17)25-12-14-5-2-3-6-15(14)21(22)23/h2-3,5-8,11H,4,9-10,12H2,1H3,(H,19,20). The quantitative estimate of drug-likeness (QED) is 0.645. The molecule has 7 nitrogen and oxygen atoms in total. The SMILES string of the molecule is COc1cc(C2=NCCCN2)ccc1OCc1ccccc1[N+](=O)[O-]. The van der Waals surface area contributed by atoms with E-state index in [1.165, 1.54) is 6.07 Å². The van der Waals surface area contributed by atoms with Crippen LogP contribution in [0.15, 0.2) is 47.5 Å². The molecule has 3 rings (SSSR count). The number of para-hydroxylation sites is 1. The molecule has 130 valence electrons. The highest BCUT2D eigenvalue weighted by atomic mass is 16.6. The Hall–Kier alpha value is -3.09. The van der Waals surface area contributed by atoms with Gasteiger partial charge in [-0.05, 0) is 30.7 Å². The molecule has 7 heteroatoms. The summed E-state index contributed by atoms with van der Waals surface area (Å²) >= 11 is 0. The zero-order valence-corrected chi connectivity index (χ0v) is 13.9. The predicted octanol–water partition coefficient (Wildman–Crippen LogP) is 2.92. The van der Waals surface area contributed by atoms with Crippen molar-refractivity contribution in [3.63, 3.8) is 0 Å². The van der Waals surface area contributed by atoms with Crippen LogP contribution in [0.25, 0.3) is 0 Å². The average Bonchev–Trinajstić information content (AvgIpc) is 2.67. The van der Waals surface area contributed by atoms with Crippen molar-refractivity contribution in [3.8, 4) is 11.5 Å². The zero-order valence-electron chi connectivity index (χ0n) is 13.9. The number of nitro groups is 1. The van der Waals surface area contributed by atoms with E-state index in [9.17, 15) is 10.1 Å². The molecular formula is C18H19N3O4. The van der Waals surface area contributed by atoms with E-state index in [4.69, 9.17) is 9.47 Å². The Morgan fingerprint density at radius 1 is 1.24 bits per heavy atom. The molecule has 2 aromatic rings. The third-order valence-electron chi connectivity index (χ3n) is 3.91. The molecule has 2 aromatic carbocycles. The van der Waals surface area contributed by atoms with Gasteiger partial charge in [-0.2, -0.15) is 0 Å². The van der Waals surface area contributed by atoms with Crippen LogP contribution >= 0.6 is 0 Å². The summed E-state index contributed by atoms with van der Waals surface area (Å²) in [6.07, 6.45) is 1.03. The number of ether oxygens (including phenoxy) is 2. The maximum absolute atomic E-state index is 11.1. The fourth-order valence-corrected chi connectivity index (χ4v) is 2.63. The Morgan fingerprint density at radius 3 is 2.80 bits per heavy atom. The van der Waals surface area contributed by atoms with Crippen LogP contribution in [-0.4, -0.2) is 31.0 Å². The van der Waals surface area contributed by atoms with Crippen LogP contribution in [-0.2, 0) is 6.61 Å². The van der Waals surface area contributed by atoms with Crippen molar-refractivity contribution >= 4 is 11.5 Å². The molecule has 25 heavy (non-hydrogen) atoms. The van der Waals surface area contributed by atoms with Crippen LogP contribution in [0, 0.1) is 10.1 Å². The maximum Gasteiger partial charge on any atom is 0.276 e. The van der Waals surface area contributed by atoms with Crippen molar-refractivity contribution in [2.75, 3.05) is 20.2 Å². The molecule has 0 amide bonds. The van der Waals surface area contributed by atoms with Gasteiger partial charge in [0, 0.05) is 24.7 Å². The van der Waals surface area contributed by atoms with Gasteiger partial charge in [-0.1, -0.05) is 12.1 Å². The topological polar surface area (TPSA) is 86.0 Å². The normalized spacial score (nSPS) is 13.6. The van der Waals surface area contributed by atoms with Crippen LogP contribution in [0.5, 0.6) is 11.5 Å². The van der Waals surface area contributed by atoms with Gasteiger partial charge in [-0.15, -0.1) is 0 Å². The number of amidine groups is 1. The lowest BCUT2D eigenvalue weighted by molar-refractivity contribution is -0.385. The first-order valence-corrected chi connectivity index (χ1v) is 8.01. The second kappa shape index (κ2) is 7.65. The Kier molecular flexibility index (Phi) is 5.13. The van der Waals surface area contributed by atoms with E-state index in [1.807, 2.05) is 12.1 Å². The van der Waals surface area contributed by atoms with E-state index in [2.05, 4.69) is 10.3 Å². The third-order valence-corrected chi connectivity index (χ3v) is 3.91. The van der Waals surface area contributed by atoms with Gasteiger partial charge >= 0.3 is 0 Å². The number of methoxy groups -OCH3 is 1. The lowest BCUT2D eigenvalue weighted by Crippen LogP contribution is -2.30. The van der Waals surface area contributed by atoms with E-state index < -0.39 is 4.92 Å². The first kappa shape index (κ1) is 16.8. The van der Waals surface area contributed by atoms with Crippen molar-refractivity contribution < 1.29 is 14.4 Å². The Bertz CT molecular complexity index is 805. The van der Waals surface area contributed by atoms with Crippen LogP contribution in [0.4, 0.5) is 5.69 Å². The number of benzene rings is 2. The van der Waals surface area contributed by atoms with E-state index in [-0.39, 0.29) is 12.3 Å². The summed E-state index contributed by atoms with van der Waals surface area (Å²) in [6, 6.07) is 12.1. The van der Waals surface area contributed by atoms with Crippen molar-refractivity contribution in [3.05, 3.63) is 63.7 Å². The highest BCUT2D eigenvalue weighted by Crippen LogP contribution is 2.30. The second-order valence-electron chi connectivity index (χ2n) is 5.55. The van der Waals surface area contributed by atoms with Gasteiger partial charge in [-0.3, -0.25) is 15.1 Å². The molecule has 0 bridgehead atoms. The summed E-state index contributed by atoms with van der Waals surface area (Å²) in [4.78, 5) is 15.1. The lowest BCUT2D eigenvalue weighted by atomic mass is 10.1. The smallest absolute Gasteiger partial charge is 0.276 e. The number of hydrogen-bond donors (Lipinski definition) is 1. The van der Waals surface area contributed by atoms with Crippen molar-refractivity contribution in [2.24, 2.45) is 4.99 Å². The van der Waals surface area contributed by atoms with Crippen molar-refractivity contribution in [1.82, 2.24) is 5.32 Å². The van der Waals surface area contributed by atoms with Gasteiger partial charge in [0.1, 0.15) is 12.4 Å². The number of rotatable bonds is 6. The summed E-state index contributed by atoms with van der Waals surface area (Å²) in [6.45, 7) is 1.80. The first-order valence-electron chi connectivity index (χ1n) is 8.01. The van der Waals surface area contributed by atoms with Crippen LogP contribution in [0.3, 0.4) is 0 Å². The highest BCUT2D eigenvalue weighted by molar-refractivity contribution is 5.99. The first-order chi connectivity index (χ1) is 12.2. The molecule has 0 aliphatic carbocycles. The zero-order chi connectivity index (χ0) is 17.6. The summed E-state index contributed by atoms with van der Waals surface area (Å²) < 4.78 is 11.2. The van der Waals surface area contributed by atoms with E-state index >= 15 is 0 Å². The number of hydrogen-bond acceptors (Lipinski definition) is 6. The van der Waals surface area contributed by atoms with Gasteiger partial charge in [0.2, 0.25) is 0 Å². The van der Waals surface area contributed by atoms with Gasteiger partial charge in [0.15, 0.2) is 11.5 Å². The van der Waals surface area contributed by atoms with Crippen molar-refractivity contribution in [1.29, 1.82) is 0 Å². The molecule has 1 heterocycles. The van der Waals surface area contributed by atoms with Crippen LogP contribution in [0.2, 0.25) is 0 Å². The van der Waals surface area contributed by atoms with E-state index in [0.717, 1.165) is 30.9 Å². The molecule has 0 saturated heterocycles. The average molecular weight is 341 g/mol. The Labute approximate surface area is 145 Å². The highest BCUT2D eigenvalue weighted by Gasteiger charge is 2.15. The van der Waals surface area contributed by atoms with Crippen LogP contribution < -0.4 is 14.8 Å². The van der Waals surface area contributed by atoms with Gasteiger partial charge in [0.05, 0.1) is 17.6 Å². The minimum Gasteiger partial charge on any atom is -0.493 e. The number of aliphatic imine (C=N–C) groups is 1. The molecule has 0 saturated carbocycles. The Balaban J connectivity index is 1.79. The fraction of sp³-hybridized carbons (Fsp3) is 0.278.